The lowest BCUT2D eigenvalue weighted by molar-refractivity contribution is 0.0410. The quantitative estimate of drug-likeness (QED) is 0.531. The van der Waals surface area contributed by atoms with Gasteiger partial charge in [-0.05, 0) is 0 Å². The number of ether oxygens (including phenoxy) is 2. The van der Waals surface area contributed by atoms with Crippen LogP contribution in [0.3, 0.4) is 0 Å². The summed E-state index contributed by atoms with van der Waals surface area (Å²) in [5.41, 5.74) is 0. The molecular weight excluding hydrogens is 227 g/mol. The second-order valence-electron chi connectivity index (χ2n) is 3.39. The zero-order valence-corrected chi connectivity index (χ0v) is 9.98. The van der Waals surface area contributed by atoms with Crippen LogP contribution < -0.4 is 0 Å². The Morgan fingerprint density at radius 3 is 1.71 bits per heavy atom. The molecule has 0 fully saturated rings. The van der Waals surface area contributed by atoms with Gasteiger partial charge in [0.25, 0.3) is 0 Å². The standard InChI is InChI=1S/C9H16Cl2O3/c1-7(3-10)5-13-9(12)14-6-8(2)4-11/h7-8H,3-6H2,1-2H3. The van der Waals surface area contributed by atoms with E-state index in [1.807, 2.05) is 13.8 Å². The number of carbonyl (C=O) groups is 1. The van der Waals surface area contributed by atoms with E-state index in [1.54, 1.807) is 0 Å². The molecule has 0 aliphatic heterocycles. The summed E-state index contributed by atoms with van der Waals surface area (Å²) in [6.07, 6.45) is -0.654. The third-order valence-electron chi connectivity index (χ3n) is 1.50. The summed E-state index contributed by atoms with van der Waals surface area (Å²) in [6.45, 7) is 4.36. The van der Waals surface area contributed by atoms with Gasteiger partial charge >= 0.3 is 6.16 Å². The van der Waals surface area contributed by atoms with Crippen molar-refractivity contribution in [2.75, 3.05) is 25.0 Å². The van der Waals surface area contributed by atoms with E-state index in [2.05, 4.69) is 0 Å². The first-order valence-corrected chi connectivity index (χ1v) is 5.58. The topological polar surface area (TPSA) is 35.5 Å². The van der Waals surface area contributed by atoms with Crippen LogP contribution >= 0.6 is 23.2 Å². The molecule has 0 aliphatic rings. The molecule has 0 aliphatic carbocycles. The van der Waals surface area contributed by atoms with Gasteiger partial charge in [0.05, 0.1) is 13.2 Å². The van der Waals surface area contributed by atoms with Crippen LogP contribution in [0.25, 0.3) is 0 Å². The normalized spacial score (nSPS) is 14.6. The smallest absolute Gasteiger partial charge is 0.434 e. The second-order valence-corrected chi connectivity index (χ2v) is 4.01. The minimum atomic E-state index is -0.654. The molecule has 0 aromatic heterocycles. The Morgan fingerprint density at radius 1 is 1.07 bits per heavy atom. The van der Waals surface area contributed by atoms with Gasteiger partial charge in [-0.15, -0.1) is 23.2 Å². The molecule has 0 aromatic rings. The summed E-state index contributed by atoms with van der Waals surface area (Å²) in [7, 11) is 0. The van der Waals surface area contributed by atoms with Gasteiger partial charge in [0, 0.05) is 23.6 Å². The zero-order chi connectivity index (χ0) is 11.0. The molecule has 0 heterocycles. The molecule has 0 N–H and O–H groups in total. The molecule has 0 saturated heterocycles. The van der Waals surface area contributed by atoms with Crippen LogP contribution in [0.2, 0.25) is 0 Å². The summed E-state index contributed by atoms with van der Waals surface area (Å²) in [6, 6.07) is 0. The maximum absolute atomic E-state index is 11.0. The predicted molar refractivity (Wildman–Crippen MR) is 57.1 cm³/mol. The number of hydrogen-bond acceptors (Lipinski definition) is 3. The maximum atomic E-state index is 11.0. The van der Waals surface area contributed by atoms with Crippen molar-refractivity contribution in [3.8, 4) is 0 Å². The third-order valence-corrected chi connectivity index (χ3v) is 2.55. The summed E-state index contributed by atoms with van der Waals surface area (Å²) in [5.74, 6) is 1.22. The van der Waals surface area contributed by atoms with Gasteiger partial charge in [-0.1, -0.05) is 13.8 Å². The number of halogens is 2. The SMILES string of the molecule is CC(CCl)COC(=O)OCC(C)CCl. The van der Waals surface area contributed by atoms with Crippen LogP contribution in [0.1, 0.15) is 13.8 Å². The van der Waals surface area contributed by atoms with E-state index in [0.29, 0.717) is 11.8 Å². The molecule has 2 atom stereocenters. The van der Waals surface area contributed by atoms with Crippen LogP contribution in [0, 0.1) is 11.8 Å². The van der Waals surface area contributed by atoms with Gasteiger partial charge in [-0.25, -0.2) is 4.79 Å². The predicted octanol–water partition coefficient (Wildman–Crippen LogP) is 2.89. The molecule has 14 heavy (non-hydrogen) atoms. The second kappa shape index (κ2) is 8.18. The van der Waals surface area contributed by atoms with Crippen molar-refractivity contribution in [3.05, 3.63) is 0 Å². The lowest BCUT2D eigenvalue weighted by Gasteiger charge is -2.11. The molecule has 0 rings (SSSR count). The highest BCUT2D eigenvalue weighted by atomic mass is 35.5. The Bertz CT molecular complexity index is 148. The first-order chi connectivity index (χ1) is 6.60. The molecule has 0 amide bonds. The first kappa shape index (κ1) is 13.8. The summed E-state index contributed by atoms with van der Waals surface area (Å²) in [5, 5.41) is 0. The van der Waals surface area contributed by atoms with Crippen LogP contribution in [0.4, 0.5) is 4.79 Å². The lowest BCUT2D eigenvalue weighted by Crippen LogP contribution is -2.17. The first-order valence-electron chi connectivity index (χ1n) is 4.51. The molecule has 5 heteroatoms. The average Bonchev–Trinajstić information content (AvgIpc) is 2.22. The number of carbonyl (C=O) groups excluding carboxylic acids is 1. The molecule has 0 radical (unpaired) electrons. The average molecular weight is 243 g/mol. The van der Waals surface area contributed by atoms with Gasteiger partial charge in [-0.3, -0.25) is 0 Å². The highest BCUT2D eigenvalue weighted by molar-refractivity contribution is 6.18. The minimum Gasteiger partial charge on any atom is -0.434 e. The summed E-state index contributed by atoms with van der Waals surface area (Å²) >= 11 is 11.1. The van der Waals surface area contributed by atoms with Crippen LogP contribution in [0.15, 0.2) is 0 Å². The van der Waals surface area contributed by atoms with E-state index < -0.39 is 6.16 Å². The van der Waals surface area contributed by atoms with Crippen molar-refractivity contribution >= 4 is 29.4 Å². The maximum Gasteiger partial charge on any atom is 0.508 e. The van der Waals surface area contributed by atoms with Gasteiger partial charge in [-0.2, -0.15) is 0 Å². The van der Waals surface area contributed by atoms with E-state index in [4.69, 9.17) is 32.7 Å². The van der Waals surface area contributed by atoms with Gasteiger partial charge < -0.3 is 9.47 Å². The van der Waals surface area contributed by atoms with E-state index in [9.17, 15) is 4.79 Å². The zero-order valence-electron chi connectivity index (χ0n) is 8.46. The van der Waals surface area contributed by atoms with Crippen LogP contribution in [-0.2, 0) is 9.47 Å². The lowest BCUT2D eigenvalue weighted by atomic mass is 10.2. The largest absolute Gasteiger partial charge is 0.508 e. The Morgan fingerprint density at radius 2 is 1.43 bits per heavy atom. The van der Waals surface area contributed by atoms with Crippen molar-refractivity contribution in [2.24, 2.45) is 11.8 Å². The van der Waals surface area contributed by atoms with Crippen LogP contribution in [0.5, 0.6) is 0 Å². The number of alkyl halides is 2. The fourth-order valence-corrected chi connectivity index (χ4v) is 0.730. The van der Waals surface area contributed by atoms with Crippen molar-refractivity contribution in [1.29, 1.82) is 0 Å². The number of hydrogen-bond donors (Lipinski definition) is 0. The third kappa shape index (κ3) is 7.27. The van der Waals surface area contributed by atoms with E-state index in [1.165, 1.54) is 0 Å². The number of rotatable bonds is 6. The van der Waals surface area contributed by atoms with E-state index in [0.717, 1.165) is 0 Å². The molecule has 0 spiro atoms. The monoisotopic (exact) mass is 242 g/mol. The molecule has 2 unspecified atom stereocenters. The molecule has 3 nitrogen and oxygen atoms in total. The van der Waals surface area contributed by atoms with Crippen molar-refractivity contribution in [2.45, 2.75) is 13.8 Å². The van der Waals surface area contributed by atoms with Gasteiger partial charge in [0.1, 0.15) is 0 Å². The molecule has 0 aromatic carbocycles. The van der Waals surface area contributed by atoms with Crippen molar-refractivity contribution in [3.63, 3.8) is 0 Å². The fourth-order valence-electron chi connectivity index (χ4n) is 0.551. The van der Waals surface area contributed by atoms with Crippen molar-refractivity contribution < 1.29 is 14.3 Å². The molecular formula is C9H16Cl2O3. The fraction of sp³-hybridized carbons (Fsp3) is 0.889. The summed E-state index contributed by atoms with van der Waals surface area (Å²) in [4.78, 5) is 11.0. The van der Waals surface area contributed by atoms with Gasteiger partial charge in [0.2, 0.25) is 0 Å². The van der Waals surface area contributed by atoms with Gasteiger partial charge in [0.15, 0.2) is 0 Å². The molecule has 84 valence electrons. The van der Waals surface area contributed by atoms with Crippen molar-refractivity contribution in [1.82, 2.24) is 0 Å². The van der Waals surface area contributed by atoms with E-state index in [-0.39, 0.29) is 25.0 Å². The Balaban J connectivity index is 3.46. The minimum absolute atomic E-state index is 0.148. The Labute approximate surface area is 94.7 Å². The Hall–Kier alpha value is -0.150. The highest BCUT2D eigenvalue weighted by Crippen LogP contribution is 2.02. The summed E-state index contributed by atoms with van der Waals surface area (Å²) < 4.78 is 9.60. The highest BCUT2D eigenvalue weighted by Gasteiger charge is 2.09. The molecule has 0 saturated carbocycles. The molecule has 0 bridgehead atoms. The van der Waals surface area contributed by atoms with E-state index >= 15 is 0 Å². The Kier molecular flexibility index (Phi) is 8.09. The van der Waals surface area contributed by atoms with Crippen LogP contribution in [-0.4, -0.2) is 31.1 Å².